The number of hydrogen-bond donors (Lipinski definition) is 2. The number of fused-ring (bicyclic) bond motifs is 1. The molecule has 0 aliphatic heterocycles. The Labute approximate surface area is 199 Å². The fourth-order valence-corrected chi connectivity index (χ4v) is 3.69. The second-order valence-electron chi connectivity index (χ2n) is 8.95. The Hall–Kier alpha value is -3.87. The van der Waals surface area contributed by atoms with E-state index in [9.17, 15) is 4.79 Å². The van der Waals surface area contributed by atoms with Gasteiger partial charge in [-0.15, -0.1) is 0 Å². The van der Waals surface area contributed by atoms with E-state index in [2.05, 4.69) is 16.4 Å². The number of aryl methyl sites for hydroxylation is 2. The highest BCUT2D eigenvalue weighted by atomic mass is 16.5. The molecule has 2 aromatic heterocycles. The maximum atomic E-state index is 11.6. The maximum absolute atomic E-state index is 11.6. The fourth-order valence-electron chi connectivity index (χ4n) is 3.69. The van der Waals surface area contributed by atoms with Crippen molar-refractivity contribution in [3.8, 4) is 17.0 Å². The average Bonchev–Trinajstić information content (AvgIpc) is 3.18. The lowest BCUT2D eigenvalue weighted by Crippen LogP contribution is -2.43. The van der Waals surface area contributed by atoms with E-state index in [-0.39, 0.29) is 6.04 Å². The van der Waals surface area contributed by atoms with Crippen molar-refractivity contribution in [2.24, 2.45) is 5.73 Å². The molecule has 0 radical (unpaired) electrons. The van der Waals surface area contributed by atoms with Crippen LogP contribution in [0.5, 0.6) is 5.75 Å². The molecule has 0 aliphatic rings. The number of primary amides is 1. The highest BCUT2D eigenvalue weighted by molar-refractivity contribution is 5.86. The third-order valence-corrected chi connectivity index (χ3v) is 5.84. The van der Waals surface area contributed by atoms with Gasteiger partial charge >= 0.3 is 0 Å². The van der Waals surface area contributed by atoms with Gasteiger partial charge in [-0.2, -0.15) is 0 Å². The number of amides is 1. The van der Waals surface area contributed by atoms with Crippen molar-refractivity contribution in [3.63, 3.8) is 0 Å². The molecular weight excluding hydrogens is 428 g/mol. The number of benzene rings is 2. The number of aromatic nitrogens is 2. The molecule has 7 nitrogen and oxygen atoms in total. The van der Waals surface area contributed by atoms with Crippen LogP contribution in [0.15, 0.2) is 59.2 Å². The van der Waals surface area contributed by atoms with E-state index < -0.39 is 11.5 Å². The highest BCUT2D eigenvalue weighted by Crippen LogP contribution is 2.29. The number of furan rings is 1. The Morgan fingerprint density at radius 2 is 1.97 bits per heavy atom. The predicted molar refractivity (Wildman–Crippen MR) is 134 cm³/mol. The molecule has 34 heavy (non-hydrogen) atoms. The first-order valence-electron chi connectivity index (χ1n) is 11.4. The van der Waals surface area contributed by atoms with E-state index in [1.807, 2.05) is 63.2 Å². The van der Waals surface area contributed by atoms with Crippen LogP contribution in [-0.4, -0.2) is 21.5 Å². The third-order valence-electron chi connectivity index (χ3n) is 5.84. The smallest absolute Gasteiger partial charge is 0.261 e. The van der Waals surface area contributed by atoms with Crippen LogP contribution in [0, 0.1) is 6.92 Å². The van der Waals surface area contributed by atoms with Crippen LogP contribution in [0.3, 0.4) is 0 Å². The van der Waals surface area contributed by atoms with Gasteiger partial charge < -0.3 is 20.2 Å². The molecule has 3 N–H and O–H groups in total. The number of nitrogens with zero attached hydrogens (tertiary/aromatic N) is 2. The number of hydrogen-bond acceptors (Lipinski definition) is 6. The van der Waals surface area contributed by atoms with Gasteiger partial charge in [0.1, 0.15) is 23.0 Å². The summed E-state index contributed by atoms with van der Waals surface area (Å²) in [4.78, 5) is 21.1. The first-order valence-corrected chi connectivity index (χ1v) is 11.4. The summed E-state index contributed by atoms with van der Waals surface area (Å²) in [5, 5.41) is 4.56. The van der Waals surface area contributed by atoms with Crippen LogP contribution in [-0.2, 0) is 11.2 Å². The predicted octanol–water partition coefficient (Wildman–Crippen LogP) is 5.58. The van der Waals surface area contributed by atoms with Gasteiger partial charge in [0.15, 0.2) is 5.60 Å². The lowest BCUT2D eigenvalue weighted by Gasteiger charge is -2.24. The number of nitrogens with one attached hydrogen (secondary N) is 1. The molecule has 0 bridgehead atoms. The highest BCUT2D eigenvalue weighted by Gasteiger charge is 2.27. The van der Waals surface area contributed by atoms with Crippen LogP contribution >= 0.6 is 0 Å². The molecule has 2 heterocycles. The number of ether oxygens (including phenoxy) is 1. The average molecular weight is 459 g/mol. The molecule has 0 unspecified atom stereocenters. The number of rotatable bonds is 8. The fraction of sp³-hybridized carbons (Fsp3) is 0.296. The molecule has 2 aromatic carbocycles. The van der Waals surface area contributed by atoms with Crippen molar-refractivity contribution in [2.45, 2.75) is 52.7 Å². The third kappa shape index (κ3) is 4.88. The lowest BCUT2D eigenvalue weighted by atomic mass is 10.1. The van der Waals surface area contributed by atoms with Crippen molar-refractivity contribution in [1.82, 2.24) is 9.97 Å². The van der Waals surface area contributed by atoms with E-state index in [0.29, 0.717) is 5.75 Å². The van der Waals surface area contributed by atoms with Gasteiger partial charge in [0.2, 0.25) is 0 Å². The van der Waals surface area contributed by atoms with Gasteiger partial charge in [0.25, 0.3) is 5.91 Å². The molecule has 0 fully saturated rings. The van der Waals surface area contributed by atoms with E-state index in [4.69, 9.17) is 19.9 Å². The Balaban J connectivity index is 1.61. The quantitative estimate of drug-likeness (QED) is 0.357. The molecule has 4 aromatic rings. The molecule has 4 rings (SSSR count). The first-order chi connectivity index (χ1) is 16.2. The number of carbonyl (C=O) groups excluding carboxylic acids is 1. The van der Waals surface area contributed by atoms with Crippen LogP contribution in [0.4, 0.5) is 5.82 Å². The molecule has 7 heteroatoms. The minimum atomic E-state index is -1.10. The Morgan fingerprint density at radius 3 is 2.71 bits per heavy atom. The van der Waals surface area contributed by atoms with Crippen molar-refractivity contribution in [2.75, 3.05) is 5.32 Å². The zero-order valence-electron chi connectivity index (χ0n) is 20.2. The number of nitrogens with two attached hydrogens (primary N) is 1. The SMILES string of the molecule is CCc1nc(N[C@H](C)c2cccc(OC(C)(C)C(N)=O)c2)cc(-c2ccc3occ(C)c3c2)n1. The van der Waals surface area contributed by atoms with Crippen LogP contribution in [0.2, 0.25) is 0 Å². The largest absolute Gasteiger partial charge is 0.478 e. The van der Waals surface area contributed by atoms with Gasteiger partial charge in [-0.05, 0) is 69.2 Å². The zero-order valence-corrected chi connectivity index (χ0v) is 20.2. The van der Waals surface area contributed by atoms with Crippen molar-refractivity contribution in [3.05, 3.63) is 71.7 Å². The second-order valence-corrected chi connectivity index (χ2v) is 8.95. The summed E-state index contributed by atoms with van der Waals surface area (Å²) in [6.07, 6.45) is 2.48. The molecule has 0 saturated carbocycles. The maximum Gasteiger partial charge on any atom is 0.261 e. The van der Waals surface area contributed by atoms with Gasteiger partial charge in [-0.3, -0.25) is 4.79 Å². The van der Waals surface area contributed by atoms with E-state index in [1.54, 1.807) is 20.1 Å². The summed E-state index contributed by atoms with van der Waals surface area (Å²) in [6.45, 7) is 9.43. The summed E-state index contributed by atoms with van der Waals surface area (Å²) in [7, 11) is 0. The Morgan fingerprint density at radius 1 is 1.18 bits per heavy atom. The summed E-state index contributed by atoms with van der Waals surface area (Å²) in [6, 6.07) is 15.6. The van der Waals surface area contributed by atoms with Gasteiger partial charge in [-0.1, -0.05) is 19.1 Å². The number of carbonyl (C=O) groups is 1. The van der Waals surface area contributed by atoms with Gasteiger partial charge in [0, 0.05) is 23.4 Å². The van der Waals surface area contributed by atoms with E-state index in [1.165, 1.54) is 0 Å². The zero-order chi connectivity index (χ0) is 24.5. The van der Waals surface area contributed by atoms with Crippen molar-refractivity contribution < 1.29 is 13.9 Å². The summed E-state index contributed by atoms with van der Waals surface area (Å²) in [5.74, 6) is 1.56. The minimum absolute atomic E-state index is 0.0636. The number of anilines is 1. The molecule has 1 amide bonds. The molecule has 0 spiro atoms. The van der Waals surface area contributed by atoms with Gasteiger partial charge in [0.05, 0.1) is 18.0 Å². The van der Waals surface area contributed by atoms with E-state index in [0.717, 1.165) is 51.4 Å². The topological polar surface area (TPSA) is 103 Å². The van der Waals surface area contributed by atoms with E-state index >= 15 is 0 Å². The monoisotopic (exact) mass is 458 g/mol. The van der Waals surface area contributed by atoms with Crippen molar-refractivity contribution >= 4 is 22.7 Å². The summed E-state index contributed by atoms with van der Waals surface area (Å²) in [5.41, 5.74) is 9.15. The van der Waals surface area contributed by atoms with Crippen LogP contribution in [0.25, 0.3) is 22.2 Å². The Kier molecular flexibility index (Phi) is 6.28. The molecule has 1 atom stereocenters. The summed E-state index contributed by atoms with van der Waals surface area (Å²) >= 11 is 0. The normalized spacial score (nSPS) is 12.5. The molecule has 0 aliphatic carbocycles. The van der Waals surface area contributed by atoms with Crippen LogP contribution < -0.4 is 15.8 Å². The van der Waals surface area contributed by atoms with Crippen molar-refractivity contribution in [1.29, 1.82) is 0 Å². The Bertz CT molecular complexity index is 1340. The lowest BCUT2D eigenvalue weighted by molar-refractivity contribution is -0.130. The second kappa shape index (κ2) is 9.17. The molecule has 176 valence electrons. The standard InChI is InChI=1S/C27H30N4O3/c1-6-24-30-22(19-10-11-23-21(13-19)16(2)15-33-23)14-25(31-24)29-17(3)18-8-7-9-20(12-18)34-27(4,5)26(28)32/h7-15,17H,6H2,1-5H3,(H2,28,32)(H,29,30,31)/t17-/m1/s1. The van der Waals surface area contributed by atoms with Gasteiger partial charge in [-0.25, -0.2) is 9.97 Å². The summed E-state index contributed by atoms with van der Waals surface area (Å²) < 4.78 is 11.4. The minimum Gasteiger partial charge on any atom is -0.478 e. The first kappa shape index (κ1) is 23.3. The molecule has 0 saturated heterocycles. The van der Waals surface area contributed by atoms with Crippen LogP contribution in [0.1, 0.15) is 50.7 Å². The molecular formula is C27H30N4O3.